The molecule has 1 N–H and O–H groups in total. The molecule has 7 heteroatoms. The highest BCUT2D eigenvalue weighted by Crippen LogP contribution is 2.33. The third-order valence-electron chi connectivity index (χ3n) is 5.26. The van der Waals surface area contributed by atoms with E-state index in [1.54, 1.807) is 7.11 Å². The number of piperidine rings is 1. The van der Waals surface area contributed by atoms with Gasteiger partial charge in [-0.05, 0) is 76.2 Å². The normalized spacial score (nSPS) is 14.1. The van der Waals surface area contributed by atoms with Crippen LogP contribution in [0.2, 0.25) is 0 Å². The molecule has 0 saturated carbocycles. The number of nitrogens with one attached hydrogen (secondary N) is 1. The molecule has 1 aromatic carbocycles. The first-order valence-electron chi connectivity index (χ1n) is 10.5. The third-order valence-corrected chi connectivity index (χ3v) is 6.39. The number of hydrogen-bond donors (Lipinski definition) is 1. The summed E-state index contributed by atoms with van der Waals surface area (Å²) in [6.07, 6.45) is 4.22. The Morgan fingerprint density at radius 3 is 2.60 bits per heavy atom. The highest BCUT2D eigenvalue weighted by atomic mass is 32.1. The topological polar surface area (TPSA) is 61.9 Å². The molecule has 6 nitrogen and oxygen atoms in total. The highest BCUT2D eigenvalue weighted by Gasteiger charge is 2.22. The van der Waals surface area contributed by atoms with Gasteiger partial charge in [-0.3, -0.25) is 9.59 Å². The van der Waals surface area contributed by atoms with Crippen LogP contribution in [0.3, 0.4) is 0 Å². The Kier molecular flexibility index (Phi) is 7.87. The zero-order valence-electron chi connectivity index (χ0n) is 18.1. The summed E-state index contributed by atoms with van der Waals surface area (Å²) in [6.45, 7) is 3.22. The van der Waals surface area contributed by atoms with E-state index < -0.39 is 0 Å². The maximum absolute atomic E-state index is 12.9. The summed E-state index contributed by atoms with van der Waals surface area (Å²) in [5.41, 5.74) is 1.54. The van der Waals surface area contributed by atoms with E-state index in [0.717, 1.165) is 49.3 Å². The lowest BCUT2D eigenvalue weighted by Gasteiger charge is -2.27. The van der Waals surface area contributed by atoms with Crippen molar-refractivity contribution in [1.82, 2.24) is 15.1 Å². The van der Waals surface area contributed by atoms with Gasteiger partial charge in [0.05, 0.1) is 17.6 Å². The van der Waals surface area contributed by atoms with Crippen LogP contribution in [0.5, 0.6) is 5.75 Å². The van der Waals surface area contributed by atoms with E-state index in [-0.39, 0.29) is 11.8 Å². The minimum Gasteiger partial charge on any atom is -0.496 e. The Morgan fingerprint density at radius 2 is 1.90 bits per heavy atom. The molecule has 0 spiro atoms. The Hall–Kier alpha value is -2.38. The fourth-order valence-corrected chi connectivity index (χ4v) is 4.51. The van der Waals surface area contributed by atoms with Crippen LogP contribution in [0.15, 0.2) is 30.3 Å². The first-order chi connectivity index (χ1) is 14.5. The van der Waals surface area contributed by atoms with Crippen LogP contribution in [0, 0.1) is 0 Å². The monoisotopic (exact) mass is 429 g/mol. The number of carbonyl (C=O) groups is 2. The first kappa shape index (κ1) is 22.3. The molecule has 0 atom stereocenters. The Bertz CT molecular complexity index is 872. The van der Waals surface area contributed by atoms with Gasteiger partial charge in [0.25, 0.3) is 11.8 Å². The van der Waals surface area contributed by atoms with Crippen molar-refractivity contribution in [3.05, 3.63) is 40.8 Å². The lowest BCUT2D eigenvalue weighted by molar-refractivity contribution is 0.0720. The van der Waals surface area contributed by atoms with Crippen LogP contribution in [0.4, 0.5) is 0 Å². The second kappa shape index (κ2) is 10.6. The highest BCUT2D eigenvalue weighted by molar-refractivity contribution is 7.17. The summed E-state index contributed by atoms with van der Waals surface area (Å²) < 4.78 is 5.53. The molecule has 0 aliphatic carbocycles. The Labute approximate surface area is 182 Å². The number of nitrogens with zero attached hydrogens (tertiary/aromatic N) is 2. The van der Waals surface area contributed by atoms with E-state index in [2.05, 4.69) is 10.2 Å². The van der Waals surface area contributed by atoms with E-state index in [4.69, 9.17) is 4.74 Å². The molecule has 1 fully saturated rings. The molecule has 0 radical (unpaired) electrons. The Balaban J connectivity index is 1.69. The molecule has 0 unspecified atom stereocenters. The van der Waals surface area contributed by atoms with E-state index >= 15 is 0 Å². The van der Waals surface area contributed by atoms with Gasteiger partial charge in [0.2, 0.25) is 0 Å². The van der Waals surface area contributed by atoms with Crippen LogP contribution in [0.1, 0.15) is 45.7 Å². The van der Waals surface area contributed by atoms with E-state index in [1.807, 2.05) is 49.3 Å². The first-order valence-corrected chi connectivity index (χ1v) is 11.3. The zero-order chi connectivity index (χ0) is 21.5. The number of rotatable bonds is 8. The van der Waals surface area contributed by atoms with Crippen molar-refractivity contribution in [2.75, 3.05) is 47.4 Å². The molecule has 0 bridgehead atoms. The largest absolute Gasteiger partial charge is 0.496 e. The van der Waals surface area contributed by atoms with Crippen molar-refractivity contribution >= 4 is 23.2 Å². The molecule has 1 saturated heterocycles. The molecular formula is C23H31N3O3S. The number of ether oxygens (including phenoxy) is 1. The maximum atomic E-state index is 12.9. The van der Waals surface area contributed by atoms with Crippen molar-refractivity contribution in [2.24, 2.45) is 0 Å². The van der Waals surface area contributed by atoms with Crippen molar-refractivity contribution in [1.29, 1.82) is 0 Å². The van der Waals surface area contributed by atoms with Crippen LogP contribution in [-0.4, -0.2) is 69.0 Å². The summed E-state index contributed by atoms with van der Waals surface area (Å²) in [5, 5.41) is 2.97. The fourth-order valence-electron chi connectivity index (χ4n) is 3.59. The predicted octanol–water partition coefficient (Wildman–Crippen LogP) is 3.73. The van der Waals surface area contributed by atoms with Crippen molar-refractivity contribution < 1.29 is 14.3 Å². The van der Waals surface area contributed by atoms with Gasteiger partial charge in [0.15, 0.2) is 0 Å². The summed E-state index contributed by atoms with van der Waals surface area (Å²) in [4.78, 5) is 30.9. The van der Waals surface area contributed by atoms with E-state index in [9.17, 15) is 9.59 Å². The molecule has 1 aliphatic rings. The third kappa shape index (κ3) is 5.61. The van der Waals surface area contributed by atoms with Gasteiger partial charge < -0.3 is 19.9 Å². The molecule has 3 rings (SSSR count). The standard InChI is InChI=1S/C23H31N3O3S/c1-25(2)13-7-12-24-22(27)21-11-10-20(30-21)17-8-9-18(19(16-17)29-3)23(28)26-14-5-4-6-15-26/h8-11,16H,4-7,12-15H2,1-3H3,(H,24,27). The van der Waals surface area contributed by atoms with Gasteiger partial charge in [-0.1, -0.05) is 6.07 Å². The molecule has 162 valence electrons. The number of amides is 2. The van der Waals surface area contributed by atoms with Gasteiger partial charge >= 0.3 is 0 Å². The quantitative estimate of drug-likeness (QED) is 0.650. The van der Waals surface area contributed by atoms with Gasteiger partial charge in [-0.2, -0.15) is 0 Å². The molecule has 1 aliphatic heterocycles. The smallest absolute Gasteiger partial charge is 0.261 e. The lowest BCUT2D eigenvalue weighted by atomic mass is 10.1. The molecule has 2 aromatic rings. The second-order valence-electron chi connectivity index (χ2n) is 7.84. The summed E-state index contributed by atoms with van der Waals surface area (Å²) >= 11 is 1.45. The average molecular weight is 430 g/mol. The average Bonchev–Trinajstić information content (AvgIpc) is 3.26. The number of benzene rings is 1. The number of hydrogen-bond acceptors (Lipinski definition) is 5. The fraction of sp³-hybridized carbons (Fsp3) is 0.478. The van der Waals surface area contributed by atoms with Crippen molar-refractivity contribution in [3.8, 4) is 16.2 Å². The second-order valence-corrected chi connectivity index (χ2v) is 8.93. The van der Waals surface area contributed by atoms with E-state index in [1.165, 1.54) is 17.8 Å². The molecule has 30 heavy (non-hydrogen) atoms. The number of thiophene rings is 1. The van der Waals surface area contributed by atoms with Crippen LogP contribution in [-0.2, 0) is 0 Å². The number of likely N-dealkylation sites (tertiary alicyclic amines) is 1. The molecular weight excluding hydrogens is 398 g/mol. The number of methoxy groups -OCH3 is 1. The minimum absolute atomic E-state index is 0.0297. The SMILES string of the molecule is COc1cc(-c2ccc(C(=O)NCCCN(C)C)s2)ccc1C(=O)N1CCCCC1. The predicted molar refractivity (Wildman–Crippen MR) is 122 cm³/mol. The van der Waals surface area contributed by atoms with E-state index in [0.29, 0.717) is 22.7 Å². The molecule has 1 aromatic heterocycles. The Morgan fingerprint density at radius 1 is 1.13 bits per heavy atom. The van der Waals surface area contributed by atoms with Crippen LogP contribution in [0.25, 0.3) is 10.4 Å². The number of carbonyl (C=O) groups excluding carboxylic acids is 2. The lowest BCUT2D eigenvalue weighted by Crippen LogP contribution is -2.35. The van der Waals surface area contributed by atoms with Gasteiger partial charge in [0, 0.05) is 24.5 Å². The summed E-state index contributed by atoms with van der Waals surface area (Å²) in [7, 11) is 5.63. The van der Waals surface area contributed by atoms with Crippen LogP contribution >= 0.6 is 11.3 Å². The molecule has 2 heterocycles. The summed E-state index contributed by atoms with van der Waals surface area (Å²) in [6, 6.07) is 9.46. The van der Waals surface area contributed by atoms with Crippen molar-refractivity contribution in [3.63, 3.8) is 0 Å². The van der Waals surface area contributed by atoms with Gasteiger partial charge in [-0.25, -0.2) is 0 Å². The molecule has 2 amide bonds. The van der Waals surface area contributed by atoms with Crippen LogP contribution < -0.4 is 10.1 Å². The maximum Gasteiger partial charge on any atom is 0.261 e. The van der Waals surface area contributed by atoms with Gasteiger partial charge in [0.1, 0.15) is 5.75 Å². The minimum atomic E-state index is -0.0473. The van der Waals surface area contributed by atoms with Gasteiger partial charge in [-0.15, -0.1) is 11.3 Å². The van der Waals surface area contributed by atoms with Crippen molar-refractivity contribution in [2.45, 2.75) is 25.7 Å². The summed E-state index contributed by atoms with van der Waals surface area (Å²) in [5.74, 6) is 0.557. The zero-order valence-corrected chi connectivity index (χ0v) is 18.9.